The first-order chi connectivity index (χ1) is 9.74. The molecule has 0 radical (unpaired) electrons. The van der Waals surface area contributed by atoms with Gasteiger partial charge in [0.05, 0.1) is 0 Å². The number of carbonyl (C=O) groups excluding carboxylic acids is 1. The van der Waals surface area contributed by atoms with Crippen LogP contribution in [0.15, 0.2) is 18.2 Å². The van der Waals surface area contributed by atoms with Crippen molar-refractivity contribution >= 4 is 5.91 Å². The van der Waals surface area contributed by atoms with Crippen molar-refractivity contribution in [1.29, 1.82) is 0 Å². The molecule has 1 aromatic rings. The molecular formula is C15H20FN3O. The van der Waals surface area contributed by atoms with Crippen molar-refractivity contribution in [2.45, 2.75) is 31.7 Å². The van der Waals surface area contributed by atoms with Gasteiger partial charge in [0.1, 0.15) is 5.69 Å². The first-order valence-electron chi connectivity index (χ1n) is 7.40. The molecule has 5 heteroatoms. The lowest BCUT2D eigenvalue weighted by atomic mass is 10.1. The van der Waals surface area contributed by atoms with Crippen LogP contribution in [0.1, 0.15) is 36.2 Å². The molecule has 2 aliphatic heterocycles. The predicted octanol–water partition coefficient (Wildman–Crippen LogP) is 1.92. The molecule has 1 unspecified atom stereocenters. The largest absolute Gasteiger partial charge is 0.336 e. The summed E-state index contributed by atoms with van der Waals surface area (Å²) in [5.41, 5.74) is 0.212. The van der Waals surface area contributed by atoms with Crippen molar-refractivity contribution in [2.75, 3.05) is 26.2 Å². The highest BCUT2D eigenvalue weighted by Crippen LogP contribution is 2.21. The van der Waals surface area contributed by atoms with Crippen molar-refractivity contribution < 1.29 is 9.18 Å². The zero-order valence-corrected chi connectivity index (χ0v) is 11.6. The summed E-state index contributed by atoms with van der Waals surface area (Å²) < 4.78 is 13.1. The highest BCUT2D eigenvalue weighted by molar-refractivity contribution is 5.92. The molecule has 0 N–H and O–H groups in total. The van der Waals surface area contributed by atoms with Gasteiger partial charge in [-0.15, -0.1) is 0 Å². The number of likely N-dealkylation sites (tertiary alicyclic amines) is 2. The number of piperidine rings is 1. The van der Waals surface area contributed by atoms with Crippen molar-refractivity contribution in [3.63, 3.8) is 0 Å². The van der Waals surface area contributed by atoms with Crippen molar-refractivity contribution in [2.24, 2.45) is 0 Å². The first-order valence-corrected chi connectivity index (χ1v) is 7.40. The third kappa shape index (κ3) is 2.82. The number of aromatic nitrogens is 1. The van der Waals surface area contributed by atoms with Crippen LogP contribution in [0.2, 0.25) is 0 Å². The van der Waals surface area contributed by atoms with E-state index in [1.54, 1.807) is 11.0 Å². The molecule has 0 aliphatic carbocycles. The number of amides is 1. The van der Waals surface area contributed by atoms with Crippen LogP contribution in [0, 0.1) is 5.95 Å². The van der Waals surface area contributed by atoms with Crippen molar-refractivity contribution in [3.8, 4) is 0 Å². The lowest BCUT2D eigenvalue weighted by Crippen LogP contribution is -2.41. The highest BCUT2D eigenvalue weighted by Gasteiger charge is 2.31. The summed E-state index contributed by atoms with van der Waals surface area (Å²) in [4.78, 5) is 20.3. The minimum atomic E-state index is -0.595. The Morgan fingerprint density at radius 3 is 2.75 bits per heavy atom. The summed E-state index contributed by atoms with van der Waals surface area (Å²) in [7, 11) is 0. The Morgan fingerprint density at radius 2 is 2.00 bits per heavy atom. The standard InChI is InChI=1S/C15H20FN3O/c16-14-6-4-5-13(17-14)15(20)19-10-7-12(11-19)18-8-2-1-3-9-18/h4-6,12H,1-3,7-11H2. The average molecular weight is 277 g/mol. The van der Waals surface area contributed by atoms with Crippen LogP contribution in [0.3, 0.4) is 0 Å². The maximum absolute atomic E-state index is 13.1. The Kier molecular flexibility index (Phi) is 3.96. The Balaban J connectivity index is 1.63. The molecule has 0 saturated carbocycles. The Bertz CT molecular complexity index is 488. The molecule has 0 spiro atoms. The lowest BCUT2D eigenvalue weighted by Gasteiger charge is -2.32. The SMILES string of the molecule is O=C(c1cccc(F)n1)N1CCC(N2CCCCC2)C1. The van der Waals surface area contributed by atoms with Gasteiger partial charge in [-0.1, -0.05) is 12.5 Å². The number of nitrogens with zero attached hydrogens (tertiary/aromatic N) is 3. The Morgan fingerprint density at radius 1 is 1.20 bits per heavy atom. The summed E-state index contributed by atoms with van der Waals surface area (Å²) in [5.74, 6) is -0.744. The predicted molar refractivity (Wildman–Crippen MR) is 73.9 cm³/mol. The molecule has 1 aromatic heterocycles. The van der Waals surface area contributed by atoms with Gasteiger partial charge < -0.3 is 4.90 Å². The number of carbonyl (C=O) groups is 1. The second kappa shape index (κ2) is 5.87. The van der Waals surface area contributed by atoms with Gasteiger partial charge in [0.15, 0.2) is 0 Å². The van der Waals surface area contributed by atoms with Crippen LogP contribution in [0.25, 0.3) is 0 Å². The van der Waals surface area contributed by atoms with E-state index in [0.717, 1.165) is 32.6 Å². The molecule has 3 heterocycles. The smallest absolute Gasteiger partial charge is 0.272 e. The van der Waals surface area contributed by atoms with E-state index in [9.17, 15) is 9.18 Å². The number of hydrogen-bond donors (Lipinski definition) is 0. The third-order valence-electron chi connectivity index (χ3n) is 4.29. The molecule has 3 rings (SSSR count). The minimum Gasteiger partial charge on any atom is -0.336 e. The zero-order valence-electron chi connectivity index (χ0n) is 11.6. The topological polar surface area (TPSA) is 36.4 Å². The quantitative estimate of drug-likeness (QED) is 0.775. The second-order valence-electron chi connectivity index (χ2n) is 5.64. The van der Waals surface area contributed by atoms with E-state index in [0.29, 0.717) is 6.04 Å². The average Bonchev–Trinajstić information content (AvgIpc) is 2.97. The lowest BCUT2D eigenvalue weighted by molar-refractivity contribution is 0.0764. The van der Waals surface area contributed by atoms with E-state index in [4.69, 9.17) is 0 Å². The molecule has 2 fully saturated rings. The molecule has 0 bridgehead atoms. The summed E-state index contributed by atoms with van der Waals surface area (Å²) in [6.07, 6.45) is 4.85. The normalized spacial score (nSPS) is 24.1. The van der Waals surface area contributed by atoms with E-state index < -0.39 is 5.95 Å². The second-order valence-corrected chi connectivity index (χ2v) is 5.64. The molecule has 1 amide bonds. The van der Waals surface area contributed by atoms with E-state index in [-0.39, 0.29) is 11.6 Å². The molecule has 2 saturated heterocycles. The summed E-state index contributed by atoms with van der Waals surface area (Å²) in [5, 5.41) is 0. The molecule has 20 heavy (non-hydrogen) atoms. The minimum absolute atomic E-state index is 0.149. The first kappa shape index (κ1) is 13.5. The van der Waals surface area contributed by atoms with Crippen LogP contribution in [0.5, 0.6) is 0 Å². The summed E-state index contributed by atoms with van der Waals surface area (Å²) >= 11 is 0. The van der Waals surface area contributed by atoms with Gasteiger partial charge in [-0.25, -0.2) is 4.98 Å². The van der Waals surface area contributed by atoms with Crippen LogP contribution in [-0.2, 0) is 0 Å². The summed E-state index contributed by atoms with van der Waals surface area (Å²) in [6, 6.07) is 4.85. The van der Waals surface area contributed by atoms with Crippen molar-refractivity contribution in [1.82, 2.24) is 14.8 Å². The van der Waals surface area contributed by atoms with Gasteiger partial charge in [-0.05, 0) is 44.5 Å². The van der Waals surface area contributed by atoms with Crippen LogP contribution in [-0.4, -0.2) is 52.9 Å². The number of rotatable bonds is 2. The fourth-order valence-corrected chi connectivity index (χ4v) is 3.20. The highest BCUT2D eigenvalue weighted by atomic mass is 19.1. The van der Waals surface area contributed by atoms with Crippen molar-refractivity contribution in [3.05, 3.63) is 29.8 Å². The van der Waals surface area contributed by atoms with Crippen LogP contribution < -0.4 is 0 Å². The maximum atomic E-state index is 13.1. The molecule has 1 atom stereocenters. The fourth-order valence-electron chi connectivity index (χ4n) is 3.20. The number of halogens is 1. The van der Waals surface area contributed by atoms with E-state index in [2.05, 4.69) is 9.88 Å². The van der Waals surface area contributed by atoms with Gasteiger partial charge >= 0.3 is 0 Å². The van der Waals surface area contributed by atoms with E-state index >= 15 is 0 Å². The maximum Gasteiger partial charge on any atom is 0.272 e. The fraction of sp³-hybridized carbons (Fsp3) is 0.600. The van der Waals surface area contributed by atoms with E-state index in [1.807, 2.05) is 0 Å². The van der Waals surface area contributed by atoms with E-state index in [1.165, 1.54) is 31.4 Å². The van der Waals surface area contributed by atoms with Gasteiger partial charge in [0.2, 0.25) is 5.95 Å². The van der Waals surface area contributed by atoms with Crippen LogP contribution >= 0.6 is 0 Å². The monoisotopic (exact) mass is 277 g/mol. The van der Waals surface area contributed by atoms with Gasteiger partial charge in [0.25, 0.3) is 5.91 Å². The molecule has 2 aliphatic rings. The van der Waals surface area contributed by atoms with Crippen LogP contribution in [0.4, 0.5) is 4.39 Å². The molecule has 108 valence electrons. The Hall–Kier alpha value is -1.49. The summed E-state index contributed by atoms with van der Waals surface area (Å²) in [6.45, 7) is 3.78. The molecular weight excluding hydrogens is 257 g/mol. The molecule has 4 nitrogen and oxygen atoms in total. The van der Waals surface area contributed by atoms with Gasteiger partial charge in [-0.2, -0.15) is 4.39 Å². The number of pyridine rings is 1. The zero-order chi connectivity index (χ0) is 13.9. The number of hydrogen-bond acceptors (Lipinski definition) is 3. The van der Waals surface area contributed by atoms with Gasteiger partial charge in [0, 0.05) is 19.1 Å². The third-order valence-corrected chi connectivity index (χ3v) is 4.29. The van der Waals surface area contributed by atoms with Gasteiger partial charge in [-0.3, -0.25) is 9.69 Å². The Labute approximate surface area is 118 Å². The molecule has 0 aromatic carbocycles.